The number of piperidine rings is 1. The molecule has 3 heteroatoms. The van der Waals surface area contributed by atoms with Crippen LogP contribution in [0, 0.1) is 5.92 Å². The predicted octanol–water partition coefficient (Wildman–Crippen LogP) is 2.21. The summed E-state index contributed by atoms with van der Waals surface area (Å²) in [5.74, 6) is 1.57. The summed E-state index contributed by atoms with van der Waals surface area (Å²) in [6.45, 7) is 3.78. The fourth-order valence-electron chi connectivity index (χ4n) is 2.17. The second kappa shape index (κ2) is 6.62. The van der Waals surface area contributed by atoms with Gasteiger partial charge < -0.3 is 14.8 Å². The van der Waals surface area contributed by atoms with Crippen molar-refractivity contribution in [1.82, 2.24) is 5.32 Å². The molecule has 2 rings (SSSR count). The third kappa shape index (κ3) is 4.02. The van der Waals surface area contributed by atoms with Crippen molar-refractivity contribution in [1.29, 1.82) is 0 Å². The lowest BCUT2D eigenvalue weighted by Crippen LogP contribution is -2.32. The van der Waals surface area contributed by atoms with E-state index in [0.29, 0.717) is 12.5 Å². The van der Waals surface area contributed by atoms with E-state index in [4.69, 9.17) is 9.47 Å². The smallest absolute Gasteiger partial charge is 0.119 e. The van der Waals surface area contributed by atoms with Crippen LogP contribution in [0.25, 0.3) is 0 Å². The zero-order valence-electron chi connectivity index (χ0n) is 10.4. The molecule has 94 valence electrons. The first-order valence-corrected chi connectivity index (χ1v) is 6.30. The van der Waals surface area contributed by atoms with E-state index in [9.17, 15) is 0 Å². The summed E-state index contributed by atoms with van der Waals surface area (Å²) in [6, 6.07) is 8.05. The summed E-state index contributed by atoms with van der Waals surface area (Å²) in [5, 5.41) is 3.40. The van der Waals surface area contributed by atoms with Gasteiger partial charge in [0, 0.05) is 6.54 Å². The van der Waals surface area contributed by atoms with Crippen LogP contribution >= 0.6 is 0 Å². The number of benzene rings is 1. The third-order valence-electron chi connectivity index (χ3n) is 3.16. The van der Waals surface area contributed by atoms with Crippen LogP contribution in [-0.2, 0) is 11.3 Å². The monoisotopic (exact) mass is 235 g/mol. The average molecular weight is 235 g/mol. The molecule has 1 saturated heterocycles. The molecule has 1 fully saturated rings. The maximum atomic E-state index is 5.76. The molecule has 1 aliphatic rings. The zero-order chi connectivity index (χ0) is 11.9. The number of nitrogens with one attached hydrogen (secondary N) is 1. The van der Waals surface area contributed by atoms with Gasteiger partial charge in [-0.05, 0) is 43.0 Å². The SMILES string of the molecule is COc1cccc(COC[C@@H]2CCCNC2)c1. The van der Waals surface area contributed by atoms with Gasteiger partial charge in [-0.2, -0.15) is 0 Å². The zero-order valence-corrected chi connectivity index (χ0v) is 10.4. The Morgan fingerprint density at radius 1 is 1.41 bits per heavy atom. The Hall–Kier alpha value is -1.06. The molecule has 1 heterocycles. The van der Waals surface area contributed by atoms with Crippen molar-refractivity contribution in [3.05, 3.63) is 29.8 Å². The van der Waals surface area contributed by atoms with Crippen LogP contribution in [0.2, 0.25) is 0 Å². The molecule has 1 aliphatic heterocycles. The Bertz CT molecular complexity index is 335. The minimum absolute atomic E-state index is 0.674. The second-order valence-electron chi connectivity index (χ2n) is 4.58. The van der Waals surface area contributed by atoms with Gasteiger partial charge in [0.05, 0.1) is 20.3 Å². The van der Waals surface area contributed by atoms with E-state index < -0.39 is 0 Å². The lowest BCUT2D eigenvalue weighted by atomic mass is 10.0. The highest BCUT2D eigenvalue weighted by Crippen LogP contribution is 2.15. The summed E-state index contributed by atoms with van der Waals surface area (Å²) in [6.07, 6.45) is 2.55. The second-order valence-corrected chi connectivity index (χ2v) is 4.58. The number of hydrogen-bond acceptors (Lipinski definition) is 3. The summed E-state index contributed by atoms with van der Waals surface area (Å²) >= 11 is 0. The Kier molecular flexibility index (Phi) is 4.83. The normalized spacial score (nSPS) is 20.2. The van der Waals surface area contributed by atoms with Gasteiger partial charge in [0.15, 0.2) is 0 Å². The molecule has 1 aromatic rings. The maximum Gasteiger partial charge on any atom is 0.119 e. The van der Waals surface area contributed by atoms with Gasteiger partial charge in [-0.1, -0.05) is 12.1 Å². The molecule has 0 spiro atoms. The van der Waals surface area contributed by atoms with Crippen LogP contribution < -0.4 is 10.1 Å². The summed E-state index contributed by atoms with van der Waals surface area (Å²) in [7, 11) is 1.69. The molecule has 1 N–H and O–H groups in total. The molecule has 17 heavy (non-hydrogen) atoms. The highest BCUT2D eigenvalue weighted by molar-refractivity contribution is 5.27. The van der Waals surface area contributed by atoms with Gasteiger partial charge in [0.25, 0.3) is 0 Å². The van der Waals surface area contributed by atoms with E-state index >= 15 is 0 Å². The fraction of sp³-hybridized carbons (Fsp3) is 0.571. The number of hydrogen-bond donors (Lipinski definition) is 1. The molecule has 0 saturated carbocycles. The van der Waals surface area contributed by atoms with Crippen molar-refractivity contribution in [3.63, 3.8) is 0 Å². The van der Waals surface area contributed by atoms with E-state index in [0.717, 1.165) is 25.4 Å². The van der Waals surface area contributed by atoms with Gasteiger partial charge >= 0.3 is 0 Å². The third-order valence-corrected chi connectivity index (χ3v) is 3.16. The summed E-state index contributed by atoms with van der Waals surface area (Å²) in [4.78, 5) is 0. The fourth-order valence-corrected chi connectivity index (χ4v) is 2.17. The lowest BCUT2D eigenvalue weighted by Gasteiger charge is -2.22. The van der Waals surface area contributed by atoms with Crippen molar-refractivity contribution >= 4 is 0 Å². The highest BCUT2D eigenvalue weighted by atomic mass is 16.5. The van der Waals surface area contributed by atoms with Crippen molar-refractivity contribution < 1.29 is 9.47 Å². The van der Waals surface area contributed by atoms with Crippen molar-refractivity contribution in [2.45, 2.75) is 19.4 Å². The molecule has 1 atom stereocenters. The molecule has 0 radical (unpaired) electrons. The van der Waals surface area contributed by atoms with E-state index in [2.05, 4.69) is 11.4 Å². The quantitative estimate of drug-likeness (QED) is 0.848. The minimum atomic E-state index is 0.674. The van der Waals surface area contributed by atoms with Crippen molar-refractivity contribution in [2.75, 3.05) is 26.8 Å². The number of rotatable bonds is 5. The molecule has 1 aromatic carbocycles. The van der Waals surface area contributed by atoms with Crippen LogP contribution in [-0.4, -0.2) is 26.8 Å². The van der Waals surface area contributed by atoms with Crippen LogP contribution in [0.15, 0.2) is 24.3 Å². The highest BCUT2D eigenvalue weighted by Gasteiger charge is 2.12. The Balaban J connectivity index is 1.73. The van der Waals surface area contributed by atoms with E-state index in [-0.39, 0.29) is 0 Å². The first-order valence-electron chi connectivity index (χ1n) is 6.30. The lowest BCUT2D eigenvalue weighted by molar-refractivity contribution is 0.0782. The first-order chi connectivity index (χ1) is 8.38. The Morgan fingerprint density at radius 3 is 3.12 bits per heavy atom. The molecule has 3 nitrogen and oxygen atoms in total. The molecule has 0 unspecified atom stereocenters. The molecule has 0 aliphatic carbocycles. The average Bonchev–Trinajstić information content (AvgIpc) is 2.40. The van der Waals surface area contributed by atoms with E-state index in [1.54, 1.807) is 7.11 Å². The maximum absolute atomic E-state index is 5.76. The Labute approximate surface area is 103 Å². The van der Waals surface area contributed by atoms with Crippen molar-refractivity contribution in [2.24, 2.45) is 5.92 Å². The van der Waals surface area contributed by atoms with Crippen LogP contribution in [0.5, 0.6) is 5.75 Å². The molecule has 0 amide bonds. The van der Waals surface area contributed by atoms with Crippen LogP contribution in [0.3, 0.4) is 0 Å². The topological polar surface area (TPSA) is 30.5 Å². The number of methoxy groups -OCH3 is 1. The predicted molar refractivity (Wildman–Crippen MR) is 68.2 cm³/mol. The summed E-state index contributed by atoms with van der Waals surface area (Å²) < 4.78 is 10.9. The molecular weight excluding hydrogens is 214 g/mol. The van der Waals surface area contributed by atoms with Gasteiger partial charge in [-0.25, -0.2) is 0 Å². The standard InChI is InChI=1S/C14H21NO2/c1-16-14-6-2-4-12(8-14)10-17-11-13-5-3-7-15-9-13/h2,4,6,8,13,15H,3,5,7,9-11H2,1H3/t13-/m1/s1. The Morgan fingerprint density at radius 2 is 2.35 bits per heavy atom. The minimum Gasteiger partial charge on any atom is -0.497 e. The molecule has 0 aromatic heterocycles. The van der Waals surface area contributed by atoms with Crippen LogP contribution in [0.4, 0.5) is 0 Å². The number of ether oxygens (including phenoxy) is 2. The largest absolute Gasteiger partial charge is 0.497 e. The molecular formula is C14H21NO2. The van der Waals surface area contributed by atoms with E-state index in [1.807, 2.05) is 18.2 Å². The van der Waals surface area contributed by atoms with Gasteiger partial charge in [-0.3, -0.25) is 0 Å². The van der Waals surface area contributed by atoms with Crippen LogP contribution in [0.1, 0.15) is 18.4 Å². The summed E-state index contributed by atoms with van der Waals surface area (Å²) in [5.41, 5.74) is 1.17. The van der Waals surface area contributed by atoms with Gasteiger partial charge in [-0.15, -0.1) is 0 Å². The van der Waals surface area contributed by atoms with E-state index in [1.165, 1.54) is 18.4 Å². The van der Waals surface area contributed by atoms with Gasteiger partial charge in [0.1, 0.15) is 5.75 Å². The molecule has 0 bridgehead atoms. The van der Waals surface area contributed by atoms with Crippen molar-refractivity contribution in [3.8, 4) is 5.75 Å². The van der Waals surface area contributed by atoms with Gasteiger partial charge in [0.2, 0.25) is 0 Å². The first kappa shape index (κ1) is 12.4.